The van der Waals surface area contributed by atoms with E-state index in [4.69, 9.17) is 4.74 Å². The van der Waals surface area contributed by atoms with Crippen LogP contribution >= 0.6 is 0 Å². The molecule has 0 aliphatic heterocycles. The summed E-state index contributed by atoms with van der Waals surface area (Å²) in [5.74, 6) is 1.04. The van der Waals surface area contributed by atoms with Gasteiger partial charge in [-0.1, -0.05) is 32.9 Å². The van der Waals surface area contributed by atoms with Crippen LogP contribution in [0.1, 0.15) is 38.8 Å². The van der Waals surface area contributed by atoms with Crippen LogP contribution in [0.4, 0.5) is 0 Å². The Morgan fingerprint density at radius 1 is 1.31 bits per heavy atom. The van der Waals surface area contributed by atoms with E-state index in [1.54, 1.807) is 14.0 Å². The van der Waals surface area contributed by atoms with E-state index in [-0.39, 0.29) is 11.2 Å². The van der Waals surface area contributed by atoms with Crippen LogP contribution in [-0.2, 0) is 16.6 Å². The van der Waals surface area contributed by atoms with E-state index >= 15 is 0 Å². The number of carbonyl (C=O) groups is 1. The van der Waals surface area contributed by atoms with Crippen molar-refractivity contribution in [3.8, 4) is 5.75 Å². The second-order valence-corrected chi connectivity index (χ2v) is 5.16. The highest BCUT2D eigenvalue weighted by Crippen LogP contribution is 2.31. The minimum absolute atomic E-state index is 0.0557. The molecule has 1 aromatic rings. The van der Waals surface area contributed by atoms with Crippen LogP contribution in [0.3, 0.4) is 0 Å². The molecule has 0 heterocycles. The zero-order valence-corrected chi connectivity index (χ0v) is 10.8. The second kappa shape index (κ2) is 4.69. The van der Waals surface area contributed by atoms with Crippen LogP contribution in [0.25, 0.3) is 0 Å². The lowest BCUT2D eigenvalue weighted by molar-refractivity contribution is -0.116. The first-order valence-corrected chi connectivity index (χ1v) is 5.51. The van der Waals surface area contributed by atoms with Crippen molar-refractivity contribution in [1.82, 2.24) is 0 Å². The van der Waals surface area contributed by atoms with E-state index in [1.807, 2.05) is 12.1 Å². The lowest BCUT2D eigenvalue weighted by Gasteiger charge is -2.22. The highest BCUT2D eigenvalue weighted by atomic mass is 16.5. The van der Waals surface area contributed by atoms with E-state index in [0.717, 1.165) is 11.3 Å². The summed E-state index contributed by atoms with van der Waals surface area (Å²) in [6, 6.07) is 6.02. The fourth-order valence-electron chi connectivity index (χ4n) is 1.75. The molecule has 0 bridgehead atoms. The molecule has 0 saturated heterocycles. The fourth-order valence-corrected chi connectivity index (χ4v) is 1.75. The summed E-state index contributed by atoms with van der Waals surface area (Å²) in [7, 11) is 1.67. The Hall–Kier alpha value is -1.31. The van der Waals surface area contributed by atoms with Gasteiger partial charge in [0.1, 0.15) is 11.5 Å². The predicted octanol–water partition coefficient (Wildman–Crippen LogP) is 3.12. The SMILES string of the molecule is COc1cc(CC(C)=O)ccc1C(C)(C)C. The van der Waals surface area contributed by atoms with Gasteiger partial charge in [0.05, 0.1) is 7.11 Å². The molecule has 0 aliphatic rings. The summed E-state index contributed by atoms with van der Waals surface area (Å²) in [5.41, 5.74) is 2.24. The van der Waals surface area contributed by atoms with Crippen LogP contribution < -0.4 is 4.74 Å². The first-order chi connectivity index (χ1) is 7.34. The average molecular weight is 220 g/mol. The number of ether oxygens (including phenoxy) is 1. The summed E-state index contributed by atoms with van der Waals surface area (Å²) in [6.45, 7) is 8.05. The Kier molecular flexibility index (Phi) is 3.74. The lowest BCUT2D eigenvalue weighted by Crippen LogP contribution is -2.13. The molecule has 0 N–H and O–H groups in total. The minimum atomic E-state index is 0.0557. The second-order valence-electron chi connectivity index (χ2n) is 5.16. The number of rotatable bonds is 3. The standard InChI is InChI=1S/C14H20O2/c1-10(15)8-11-6-7-12(14(2,3)4)13(9-11)16-5/h6-7,9H,8H2,1-5H3. The van der Waals surface area contributed by atoms with Gasteiger partial charge in [0.15, 0.2) is 0 Å². The summed E-state index contributed by atoms with van der Waals surface area (Å²) in [4.78, 5) is 11.1. The molecule has 0 amide bonds. The Bertz CT molecular complexity index is 386. The van der Waals surface area contributed by atoms with Crippen LogP contribution in [0, 0.1) is 0 Å². The molecule has 0 radical (unpaired) electrons. The van der Waals surface area contributed by atoms with Gasteiger partial charge in [-0.15, -0.1) is 0 Å². The maximum atomic E-state index is 11.1. The van der Waals surface area contributed by atoms with Gasteiger partial charge in [-0.3, -0.25) is 4.79 Å². The quantitative estimate of drug-likeness (QED) is 0.782. The largest absolute Gasteiger partial charge is 0.496 e. The van der Waals surface area contributed by atoms with Gasteiger partial charge in [0.25, 0.3) is 0 Å². The van der Waals surface area contributed by atoms with Crippen molar-refractivity contribution in [3.05, 3.63) is 29.3 Å². The Morgan fingerprint density at radius 2 is 1.94 bits per heavy atom. The molecule has 88 valence electrons. The number of hydrogen-bond donors (Lipinski definition) is 0. The molecule has 1 aromatic carbocycles. The zero-order chi connectivity index (χ0) is 12.3. The van der Waals surface area contributed by atoms with Crippen molar-refractivity contribution in [1.29, 1.82) is 0 Å². The highest BCUT2D eigenvalue weighted by Gasteiger charge is 2.18. The van der Waals surface area contributed by atoms with E-state index in [0.29, 0.717) is 6.42 Å². The van der Waals surface area contributed by atoms with Crippen LogP contribution in [0.2, 0.25) is 0 Å². The number of benzene rings is 1. The Balaban J connectivity index is 3.12. The van der Waals surface area contributed by atoms with Gasteiger partial charge in [-0.2, -0.15) is 0 Å². The maximum Gasteiger partial charge on any atom is 0.134 e. The van der Waals surface area contributed by atoms with Crippen LogP contribution in [0.5, 0.6) is 5.75 Å². The van der Waals surface area contributed by atoms with Crippen LogP contribution in [-0.4, -0.2) is 12.9 Å². The van der Waals surface area contributed by atoms with Crippen molar-refractivity contribution in [2.75, 3.05) is 7.11 Å². The molecule has 0 atom stereocenters. The maximum absolute atomic E-state index is 11.1. The average Bonchev–Trinajstić information content (AvgIpc) is 2.14. The van der Waals surface area contributed by atoms with Crippen molar-refractivity contribution in [2.45, 2.75) is 39.5 Å². The zero-order valence-electron chi connectivity index (χ0n) is 10.8. The van der Waals surface area contributed by atoms with Gasteiger partial charge in [-0.25, -0.2) is 0 Å². The van der Waals surface area contributed by atoms with Crippen molar-refractivity contribution in [3.63, 3.8) is 0 Å². The van der Waals surface area contributed by atoms with Gasteiger partial charge >= 0.3 is 0 Å². The highest BCUT2D eigenvalue weighted by molar-refractivity contribution is 5.78. The summed E-state index contributed by atoms with van der Waals surface area (Å²) >= 11 is 0. The molecule has 16 heavy (non-hydrogen) atoms. The first kappa shape index (κ1) is 12.8. The monoisotopic (exact) mass is 220 g/mol. The molecule has 0 aliphatic carbocycles. The molecular weight excluding hydrogens is 200 g/mol. The topological polar surface area (TPSA) is 26.3 Å². The van der Waals surface area contributed by atoms with E-state index < -0.39 is 0 Å². The van der Waals surface area contributed by atoms with Crippen molar-refractivity contribution in [2.24, 2.45) is 0 Å². The molecule has 1 rings (SSSR count). The number of methoxy groups -OCH3 is 1. The third-order valence-electron chi connectivity index (χ3n) is 2.53. The predicted molar refractivity (Wildman–Crippen MR) is 66.1 cm³/mol. The van der Waals surface area contributed by atoms with Gasteiger partial charge in [-0.05, 0) is 29.5 Å². The Morgan fingerprint density at radius 3 is 2.38 bits per heavy atom. The van der Waals surface area contributed by atoms with Crippen LogP contribution in [0.15, 0.2) is 18.2 Å². The number of hydrogen-bond acceptors (Lipinski definition) is 2. The number of Topliss-reactive ketones (excluding diaryl/α,β-unsaturated/α-hetero) is 1. The first-order valence-electron chi connectivity index (χ1n) is 5.51. The minimum Gasteiger partial charge on any atom is -0.496 e. The molecule has 0 aromatic heterocycles. The third kappa shape index (κ3) is 3.09. The summed E-state index contributed by atoms with van der Waals surface area (Å²) < 4.78 is 5.38. The normalized spacial score (nSPS) is 11.3. The smallest absolute Gasteiger partial charge is 0.134 e. The third-order valence-corrected chi connectivity index (χ3v) is 2.53. The fraction of sp³-hybridized carbons (Fsp3) is 0.500. The van der Waals surface area contributed by atoms with Gasteiger partial charge in [0.2, 0.25) is 0 Å². The number of ketones is 1. The van der Waals surface area contributed by atoms with E-state index in [9.17, 15) is 4.79 Å². The molecule has 0 saturated carbocycles. The molecule has 0 unspecified atom stereocenters. The van der Waals surface area contributed by atoms with Crippen molar-refractivity contribution < 1.29 is 9.53 Å². The van der Waals surface area contributed by atoms with Gasteiger partial charge in [0, 0.05) is 6.42 Å². The van der Waals surface area contributed by atoms with Gasteiger partial charge < -0.3 is 4.74 Å². The van der Waals surface area contributed by atoms with Crippen molar-refractivity contribution >= 4 is 5.78 Å². The molecular formula is C14H20O2. The molecule has 0 spiro atoms. The molecule has 2 heteroatoms. The molecule has 0 fully saturated rings. The summed E-state index contributed by atoms with van der Waals surface area (Å²) in [6.07, 6.45) is 0.473. The number of carbonyl (C=O) groups excluding carboxylic acids is 1. The van der Waals surface area contributed by atoms with E-state index in [2.05, 4.69) is 26.8 Å². The Labute approximate surface area is 97.6 Å². The summed E-state index contributed by atoms with van der Waals surface area (Å²) in [5, 5.41) is 0. The lowest BCUT2D eigenvalue weighted by atomic mass is 9.85. The molecule has 2 nitrogen and oxygen atoms in total. The van der Waals surface area contributed by atoms with E-state index in [1.165, 1.54) is 5.56 Å².